The maximum Gasteiger partial charge on any atom is 0.416 e. The van der Waals surface area contributed by atoms with Crippen LogP contribution in [0.15, 0.2) is 18.2 Å². The molecule has 0 aliphatic carbocycles. The van der Waals surface area contributed by atoms with Gasteiger partial charge in [-0.1, -0.05) is 0 Å². The van der Waals surface area contributed by atoms with Crippen LogP contribution < -0.4 is 5.32 Å². The van der Waals surface area contributed by atoms with Gasteiger partial charge in [0.1, 0.15) is 0 Å². The zero-order chi connectivity index (χ0) is 15.5. The van der Waals surface area contributed by atoms with Gasteiger partial charge in [-0.15, -0.1) is 0 Å². The van der Waals surface area contributed by atoms with E-state index in [1.165, 1.54) is 6.92 Å². The Hall–Kier alpha value is -2.16. The number of carbonyl (C=O) groups is 1. The first-order chi connectivity index (χ1) is 9.12. The summed E-state index contributed by atoms with van der Waals surface area (Å²) in [5.74, 6) is -0.847. The van der Waals surface area contributed by atoms with E-state index in [0.29, 0.717) is 0 Å². The minimum atomic E-state index is -4.82. The van der Waals surface area contributed by atoms with Crippen LogP contribution in [-0.2, 0) is 0 Å². The fraction of sp³-hybridized carbons (Fsp3) is 0.364. The number of non-ortho nitro benzene ring substituents is 1. The van der Waals surface area contributed by atoms with E-state index < -0.39 is 29.7 Å². The van der Waals surface area contributed by atoms with E-state index >= 15 is 0 Å². The Kier molecular flexibility index (Phi) is 4.66. The van der Waals surface area contributed by atoms with Gasteiger partial charge in [-0.3, -0.25) is 14.9 Å². The van der Waals surface area contributed by atoms with Crippen molar-refractivity contribution in [2.24, 2.45) is 0 Å². The average molecular weight is 292 g/mol. The first-order valence-electron chi connectivity index (χ1n) is 5.41. The molecule has 1 amide bonds. The van der Waals surface area contributed by atoms with Crippen LogP contribution in [0.5, 0.6) is 0 Å². The number of nitro benzene ring substituents is 1. The largest absolute Gasteiger partial charge is 0.416 e. The van der Waals surface area contributed by atoms with Crippen molar-refractivity contribution in [1.82, 2.24) is 5.32 Å². The monoisotopic (exact) mass is 292 g/mol. The first kappa shape index (κ1) is 15.9. The number of nitro groups is 1. The summed E-state index contributed by atoms with van der Waals surface area (Å²) in [7, 11) is 0. The van der Waals surface area contributed by atoms with Crippen molar-refractivity contribution >= 4 is 11.6 Å². The second-order valence-corrected chi connectivity index (χ2v) is 4.02. The molecule has 1 rings (SSSR count). The van der Waals surface area contributed by atoms with Gasteiger partial charge in [0.2, 0.25) is 0 Å². The van der Waals surface area contributed by atoms with Crippen LogP contribution in [0.2, 0.25) is 0 Å². The van der Waals surface area contributed by atoms with Crippen molar-refractivity contribution in [2.75, 3.05) is 6.54 Å². The Bertz CT molecular complexity index is 531. The molecule has 1 atom stereocenters. The number of hydrogen-bond acceptors (Lipinski definition) is 4. The topological polar surface area (TPSA) is 92.5 Å². The highest BCUT2D eigenvalue weighted by Gasteiger charge is 2.38. The third kappa shape index (κ3) is 3.92. The number of carbonyl (C=O) groups excluding carboxylic acids is 1. The van der Waals surface area contributed by atoms with Gasteiger partial charge in [0.15, 0.2) is 6.10 Å². The number of alkyl halides is 3. The number of aliphatic hydroxyl groups excluding tert-OH is 1. The summed E-state index contributed by atoms with van der Waals surface area (Å²) >= 11 is 0. The highest BCUT2D eigenvalue weighted by Crippen LogP contribution is 2.20. The highest BCUT2D eigenvalue weighted by molar-refractivity contribution is 5.95. The Morgan fingerprint density at radius 2 is 2.10 bits per heavy atom. The predicted molar refractivity (Wildman–Crippen MR) is 62.2 cm³/mol. The van der Waals surface area contributed by atoms with Crippen LogP contribution in [0.1, 0.15) is 15.9 Å². The van der Waals surface area contributed by atoms with E-state index in [4.69, 9.17) is 5.11 Å². The van der Waals surface area contributed by atoms with Crippen LogP contribution in [0.3, 0.4) is 0 Å². The Balaban J connectivity index is 2.76. The molecule has 20 heavy (non-hydrogen) atoms. The second-order valence-electron chi connectivity index (χ2n) is 4.02. The molecule has 0 fully saturated rings. The van der Waals surface area contributed by atoms with E-state index in [1.807, 2.05) is 5.32 Å². The molecule has 2 N–H and O–H groups in total. The zero-order valence-corrected chi connectivity index (χ0v) is 10.3. The summed E-state index contributed by atoms with van der Waals surface area (Å²) in [6, 6.07) is 3.35. The molecule has 0 bridgehead atoms. The molecule has 0 spiro atoms. The van der Waals surface area contributed by atoms with Crippen LogP contribution in [-0.4, -0.2) is 34.8 Å². The SMILES string of the molecule is Cc1cc([N+](=O)[O-])ccc1C(=O)NCC(O)C(F)(F)F. The van der Waals surface area contributed by atoms with Crippen molar-refractivity contribution in [2.45, 2.75) is 19.2 Å². The number of aryl methyl sites for hydroxylation is 1. The lowest BCUT2D eigenvalue weighted by atomic mass is 10.1. The number of rotatable bonds is 4. The molecule has 1 aromatic carbocycles. The minimum Gasteiger partial charge on any atom is -0.382 e. The van der Waals surface area contributed by atoms with Crippen molar-refractivity contribution in [3.05, 3.63) is 39.4 Å². The summed E-state index contributed by atoms with van der Waals surface area (Å²) in [6.45, 7) is 0.431. The zero-order valence-electron chi connectivity index (χ0n) is 10.3. The molecule has 1 aromatic rings. The van der Waals surface area contributed by atoms with Crippen molar-refractivity contribution in [1.29, 1.82) is 0 Å². The summed E-state index contributed by atoms with van der Waals surface area (Å²) in [5, 5.41) is 21.2. The molecular formula is C11H11F3N2O4. The molecule has 0 radical (unpaired) electrons. The van der Waals surface area contributed by atoms with Gasteiger partial charge in [0.25, 0.3) is 11.6 Å². The van der Waals surface area contributed by atoms with Crippen LogP contribution >= 0.6 is 0 Å². The normalized spacial score (nSPS) is 12.8. The number of benzene rings is 1. The lowest BCUT2D eigenvalue weighted by Crippen LogP contribution is -2.40. The predicted octanol–water partition coefficient (Wildman–Crippen LogP) is 1.56. The number of nitrogens with one attached hydrogen (secondary N) is 1. The van der Waals surface area contributed by atoms with Crippen LogP contribution in [0.4, 0.5) is 18.9 Å². The summed E-state index contributed by atoms with van der Waals surface area (Å²) in [6.07, 6.45) is -7.48. The minimum absolute atomic E-state index is 0.00461. The maximum atomic E-state index is 12.0. The van der Waals surface area contributed by atoms with Gasteiger partial charge < -0.3 is 10.4 Å². The van der Waals surface area contributed by atoms with Crippen LogP contribution in [0, 0.1) is 17.0 Å². The number of halogens is 3. The summed E-state index contributed by atoms with van der Waals surface area (Å²) in [4.78, 5) is 21.5. The number of hydrogen-bond donors (Lipinski definition) is 2. The van der Waals surface area contributed by atoms with E-state index in [9.17, 15) is 28.1 Å². The first-order valence-corrected chi connectivity index (χ1v) is 5.41. The smallest absolute Gasteiger partial charge is 0.382 e. The van der Waals surface area contributed by atoms with E-state index in [0.717, 1.165) is 18.2 Å². The van der Waals surface area contributed by atoms with Crippen LogP contribution in [0.25, 0.3) is 0 Å². The standard InChI is InChI=1S/C11H11F3N2O4/c1-6-4-7(16(19)20)2-3-8(6)10(18)15-5-9(17)11(12,13)14/h2-4,9,17H,5H2,1H3,(H,15,18). The maximum absolute atomic E-state index is 12.0. The number of nitrogens with zero attached hydrogens (tertiary/aromatic N) is 1. The molecule has 1 unspecified atom stereocenters. The molecule has 6 nitrogen and oxygen atoms in total. The number of amides is 1. The van der Waals surface area contributed by atoms with Gasteiger partial charge >= 0.3 is 6.18 Å². The van der Waals surface area contributed by atoms with Gasteiger partial charge in [-0.05, 0) is 18.6 Å². The molecule has 0 aliphatic heterocycles. The Morgan fingerprint density at radius 1 is 1.50 bits per heavy atom. The Labute approximate surface area is 111 Å². The quantitative estimate of drug-likeness (QED) is 0.650. The molecule has 0 saturated carbocycles. The number of aliphatic hydroxyl groups is 1. The fourth-order valence-electron chi connectivity index (χ4n) is 1.42. The highest BCUT2D eigenvalue weighted by atomic mass is 19.4. The third-order valence-corrected chi connectivity index (χ3v) is 2.50. The van der Waals surface area contributed by atoms with Gasteiger partial charge in [0.05, 0.1) is 11.5 Å². The van der Waals surface area contributed by atoms with Gasteiger partial charge in [0, 0.05) is 17.7 Å². The second kappa shape index (κ2) is 5.87. The summed E-state index contributed by atoms with van der Waals surface area (Å²) in [5.41, 5.74) is 0.0255. The van der Waals surface area contributed by atoms with Gasteiger partial charge in [-0.25, -0.2) is 0 Å². The molecule has 0 saturated heterocycles. The molecule has 0 heterocycles. The van der Waals surface area contributed by atoms with E-state index in [1.54, 1.807) is 0 Å². The Morgan fingerprint density at radius 3 is 2.55 bits per heavy atom. The van der Waals surface area contributed by atoms with E-state index in [2.05, 4.69) is 0 Å². The third-order valence-electron chi connectivity index (χ3n) is 2.50. The molecule has 0 aliphatic rings. The van der Waals surface area contributed by atoms with E-state index in [-0.39, 0.29) is 16.8 Å². The summed E-state index contributed by atoms with van der Waals surface area (Å²) < 4.78 is 36.1. The van der Waals surface area contributed by atoms with Crippen molar-refractivity contribution < 1.29 is 28.0 Å². The fourth-order valence-corrected chi connectivity index (χ4v) is 1.42. The molecule has 9 heteroatoms. The molecule has 110 valence electrons. The average Bonchev–Trinajstić information content (AvgIpc) is 2.33. The van der Waals surface area contributed by atoms with Crippen molar-refractivity contribution in [3.63, 3.8) is 0 Å². The lowest BCUT2D eigenvalue weighted by Gasteiger charge is -2.15. The molecule has 0 aromatic heterocycles. The van der Waals surface area contributed by atoms with Crippen molar-refractivity contribution in [3.8, 4) is 0 Å². The lowest BCUT2D eigenvalue weighted by molar-refractivity contribution is -0.384. The van der Waals surface area contributed by atoms with Gasteiger partial charge in [-0.2, -0.15) is 13.2 Å². The molecular weight excluding hydrogens is 281 g/mol.